The van der Waals surface area contributed by atoms with Gasteiger partial charge in [0.25, 0.3) is 0 Å². The topological polar surface area (TPSA) is 0 Å². The normalized spacial score (nSPS) is 12.4. The number of hydrogen-bond acceptors (Lipinski definition) is 0. The molecule has 0 saturated carbocycles. The second-order valence-corrected chi connectivity index (χ2v) is 3.99. The highest BCUT2D eigenvalue weighted by Crippen LogP contribution is 2.25. The zero-order valence-corrected chi connectivity index (χ0v) is 9.27. The molecule has 0 aliphatic heterocycles. The van der Waals surface area contributed by atoms with Gasteiger partial charge in [-0.05, 0) is 23.6 Å². The lowest BCUT2D eigenvalue weighted by molar-refractivity contribution is 0.910. The molecule has 0 unspecified atom stereocenters. The zero-order chi connectivity index (χ0) is 10.7. The Morgan fingerprint density at radius 1 is 0.800 bits per heavy atom. The molecule has 1 atom stereocenters. The number of rotatable bonds is 2. The van der Waals surface area contributed by atoms with E-state index in [-0.39, 0.29) is 0 Å². The minimum atomic E-state index is 0.479. The van der Waals surface area contributed by atoms with Gasteiger partial charge in [-0.1, -0.05) is 61.5 Å². The SMILES string of the molecule is Cc1ccccc1[C@@H](C)c1ccccc1. The third kappa shape index (κ3) is 2.10. The molecule has 0 aliphatic carbocycles. The van der Waals surface area contributed by atoms with Crippen molar-refractivity contribution in [3.63, 3.8) is 0 Å². The lowest BCUT2D eigenvalue weighted by Crippen LogP contribution is -1.97. The van der Waals surface area contributed by atoms with Gasteiger partial charge in [-0.2, -0.15) is 0 Å². The minimum absolute atomic E-state index is 0.479. The molecule has 0 bridgehead atoms. The summed E-state index contributed by atoms with van der Waals surface area (Å²) in [5.74, 6) is 0.479. The van der Waals surface area contributed by atoms with Gasteiger partial charge in [-0.3, -0.25) is 0 Å². The maximum absolute atomic E-state index is 2.26. The molecule has 0 heterocycles. The molecule has 0 aromatic heterocycles. The molecule has 0 aliphatic rings. The van der Waals surface area contributed by atoms with Crippen LogP contribution in [0, 0.1) is 6.92 Å². The first kappa shape index (κ1) is 9.97. The molecule has 2 aromatic rings. The summed E-state index contributed by atoms with van der Waals surface area (Å²) in [5.41, 5.74) is 4.17. The third-order valence-electron chi connectivity index (χ3n) is 2.95. The largest absolute Gasteiger partial charge is 0.0622 e. The Morgan fingerprint density at radius 3 is 2.07 bits per heavy atom. The molecule has 15 heavy (non-hydrogen) atoms. The van der Waals surface area contributed by atoms with E-state index >= 15 is 0 Å². The molecule has 2 rings (SSSR count). The van der Waals surface area contributed by atoms with E-state index in [1.807, 2.05) is 0 Å². The van der Waals surface area contributed by atoms with E-state index in [9.17, 15) is 0 Å². The maximum Gasteiger partial charge on any atom is 0.00636 e. The van der Waals surface area contributed by atoms with E-state index in [1.165, 1.54) is 16.7 Å². The van der Waals surface area contributed by atoms with Gasteiger partial charge in [0.2, 0.25) is 0 Å². The number of benzene rings is 2. The van der Waals surface area contributed by atoms with Crippen molar-refractivity contribution in [1.29, 1.82) is 0 Å². The summed E-state index contributed by atoms with van der Waals surface area (Å²) >= 11 is 0. The predicted octanol–water partition coefficient (Wildman–Crippen LogP) is 4.15. The first-order valence-electron chi connectivity index (χ1n) is 5.39. The summed E-state index contributed by atoms with van der Waals surface area (Å²) in [6, 6.07) is 19.2. The molecule has 0 fully saturated rings. The smallest absolute Gasteiger partial charge is 0.00636 e. The van der Waals surface area contributed by atoms with Crippen molar-refractivity contribution >= 4 is 0 Å². The van der Waals surface area contributed by atoms with Gasteiger partial charge in [0.15, 0.2) is 0 Å². The van der Waals surface area contributed by atoms with Crippen molar-refractivity contribution in [1.82, 2.24) is 0 Å². The van der Waals surface area contributed by atoms with Crippen molar-refractivity contribution in [3.05, 3.63) is 71.3 Å². The Kier molecular flexibility index (Phi) is 2.86. The van der Waals surface area contributed by atoms with Crippen LogP contribution in [-0.2, 0) is 0 Å². The van der Waals surface area contributed by atoms with Crippen LogP contribution >= 0.6 is 0 Å². The van der Waals surface area contributed by atoms with E-state index in [1.54, 1.807) is 0 Å². The van der Waals surface area contributed by atoms with Crippen molar-refractivity contribution in [2.24, 2.45) is 0 Å². The van der Waals surface area contributed by atoms with Crippen LogP contribution in [0.3, 0.4) is 0 Å². The van der Waals surface area contributed by atoms with E-state index < -0.39 is 0 Å². The van der Waals surface area contributed by atoms with Crippen LogP contribution in [0.4, 0.5) is 0 Å². The second kappa shape index (κ2) is 4.31. The number of hydrogen-bond donors (Lipinski definition) is 0. The quantitative estimate of drug-likeness (QED) is 0.677. The standard InChI is InChI=1S/C15H16/c1-12-8-6-7-11-15(12)13(2)14-9-4-3-5-10-14/h3-11,13H,1-2H3/t13-/m0/s1. The molecular formula is C15H16. The van der Waals surface area contributed by atoms with Gasteiger partial charge < -0.3 is 0 Å². The van der Waals surface area contributed by atoms with E-state index in [4.69, 9.17) is 0 Å². The first-order valence-corrected chi connectivity index (χ1v) is 5.39. The van der Waals surface area contributed by atoms with Crippen molar-refractivity contribution < 1.29 is 0 Å². The van der Waals surface area contributed by atoms with Crippen molar-refractivity contribution in [2.75, 3.05) is 0 Å². The summed E-state index contributed by atoms with van der Waals surface area (Å²) in [5, 5.41) is 0. The van der Waals surface area contributed by atoms with Gasteiger partial charge in [-0.15, -0.1) is 0 Å². The predicted molar refractivity (Wildman–Crippen MR) is 65.1 cm³/mol. The van der Waals surface area contributed by atoms with Crippen molar-refractivity contribution in [3.8, 4) is 0 Å². The first-order chi connectivity index (χ1) is 7.29. The van der Waals surface area contributed by atoms with Crippen LogP contribution in [-0.4, -0.2) is 0 Å². The van der Waals surface area contributed by atoms with Crippen LogP contribution in [0.15, 0.2) is 54.6 Å². The molecular weight excluding hydrogens is 180 g/mol. The van der Waals surface area contributed by atoms with Gasteiger partial charge in [0, 0.05) is 5.92 Å². The van der Waals surface area contributed by atoms with E-state index in [2.05, 4.69) is 68.4 Å². The number of aryl methyl sites for hydroxylation is 1. The third-order valence-corrected chi connectivity index (χ3v) is 2.95. The second-order valence-electron chi connectivity index (χ2n) is 3.99. The van der Waals surface area contributed by atoms with Crippen LogP contribution in [0.5, 0.6) is 0 Å². The molecule has 76 valence electrons. The lowest BCUT2D eigenvalue weighted by atomic mass is 9.90. The fourth-order valence-electron chi connectivity index (χ4n) is 1.99. The minimum Gasteiger partial charge on any atom is -0.0622 e. The van der Waals surface area contributed by atoms with E-state index in [0.717, 1.165) is 0 Å². The van der Waals surface area contributed by atoms with Crippen LogP contribution in [0.2, 0.25) is 0 Å². The van der Waals surface area contributed by atoms with Crippen LogP contribution in [0.1, 0.15) is 29.5 Å². The average molecular weight is 196 g/mol. The van der Waals surface area contributed by atoms with Crippen LogP contribution in [0.25, 0.3) is 0 Å². The van der Waals surface area contributed by atoms with Gasteiger partial charge >= 0.3 is 0 Å². The Labute approximate surface area is 91.6 Å². The van der Waals surface area contributed by atoms with Gasteiger partial charge in [0.1, 0.15) is 0 Å². The Hall–Kier alpha value is -1.56. The summed E-state index contributed by atoms with van der Waals surface area (Å²) in [6.07, 6.45) is 0. The Bertz CT molecular complexity index is 429. The maximum atomic E-state index is 2.26. The highest BCUT2D eigenvalue weighted by molar-refractivity contribution is 5.36. The molecule has 0 spiro atoms. The highest BCUT2D eigenvalue weighted by Gasteiger charge is 2.09. The Balaban J connectivity index is 2.37. The molecule has 0 radical (unpaired) electrons. The highest BCUT2D eigenvalue weighted by atomic mass is 14.1. The summed E-state index contributed by atoms with van der Waals surface area (Å²) in [4.78, 5) is 0. The zero-order valence-electron chi connectivity index (χ0n) is 9.27. The molecule has 0 N–H and O–H groups in total. The molecule has 0 amide bonds. The molecule has 0 nitrogen and oxygen atoms in total. The molecule has 2 aromatic carbocycles. The van der Waals surface area contributed by atoms with Crippen molar-refractivity contribution in [2.45, 2.75) is 19.8 Å². The van der Waals surface area contributed by atoms with Crippen LogP contribution < -0.4 is 0 Å². The summed E-state index contributed by atoms with van der Waals surface area (Å²) in [6.45, 7) is 4.44. The van der Waals surface area contributed by atoms with Gasteiger partial charge in [-0.25, -0.2) is 0 Å². The summed E-state index contributed by atoms with van der Waals surface area (Å²) in [7, 11) is 0. The Morgan fingerprint density at radius 2 is 1.40 bits per heavy atom. The lowest BCUT2D eigenvalue weighted by Gasteiger charge is -2.14. The summed E-state index contributed by atoms with van der Waals surface area (Å²) < 4.78 is 0. The van der Waals surface area contributed by atoms with E-state index in [0.29, 0.717) is 5.92 Å². The average Bonchev–Trinajstić information content (AvgIpc) is 2.30. The fraction of sp³-hybridized carbons (Fsp3) is 0.200. The molecule has 0 saturated heterocycles. The fourth-order valence-corrected chi connectivity index (χ4v) is 1.99. The van der Waals surface area contributed by atoms with Gasteiger partial charge in [0.05, 0.1) is 0 Å². The monoisotopic (exact) mass is 196 g/mol. The molecule has 0 heteroatoms.